The number of allylic oxidation sites excluding steroid dienone is 7. The molecule has 390 valence electrons. The number of aliphatic hydroxyl groups is 5. The summed E-state index contributed by atoms with van der Waals surface area (Å²) in [6.07, 6.45) is 46.3. The van der Waals surface area contributed by atoms with Crippen LogP contribution < -0.4 is 5.32 Å². The van der Waals surface area contributed by atoms with Gasteiger partial charge in [-0.25, -0.2) is 0 Å². The molecule has 7 atom stereocenters. The van der Waals surface area contributed by atoms with Crippen molar-refractivity contribution >= 4 is 11.9 Å². The van der Waals surface area contributed by atoms with E-state index in [4.69, 9.17) is 14.2 Å². The van der Waals surface area contributed by atoms with Crippen LogP contribution in [0.5, 0.6) is 0 Å². The number of hydrogen-bond acceptors (Lipinski definition) is 10. The number of ether oxygens (including phenoxy) is 3. The monoisotopic (exact) mass is 948 g/mol. The van der Waals surface area contributed by atoms with Gasteiger partial charge in [0.2, 0.25) is 5.91 Å². The summed E-state index contributed by atoms with van der Waals surface area (Å²) in [6, 6.07) is -0.821. The molecule has 1 heterocycles. The van der Waals surface area contributed by atoms with Crippen LogP contribution in [0.2, 0.25) is 0 Å². The third kappa shape index (κ3) is 36.3. The number of carbonyl (C=O) groups excluding carboxylic acids is 2. The smallest absolute Gasteiger partial charge is 0.305 e. The van der Waals surface area contributed by atoms with Gasteiger partial charge in [0.15, 0.2) is 6.29 Å². The van der Waals surface area contributed by atoms with Crippen LogP contribution in [0.3, 0.4) is 0 Å². The fraction of sp³-hybridized carbons (Fsp3) is 0.821. The van der Waals surface area contributed by atoms with Gasteiger partial charge in [-0.05, 0) is 96.3 Å². The van der Waals surface area contributed by atoms with Crippen LogP contribution >= 0.6 is 0 Å². The maximum Gasteiger partial charge on any atom is 0.305 e. The molecule has 0 spiro atoms. The van der Waals surface area contributed by atoms with Gasteiger partial charge in [-0.1, -0.05) is 172 Å². The summed E-state index contributed by atoms with van der Waals surface area (Å²) in [6.45, 7) is 4.22. The highest BCUT2D eigenvalue weighted by Crippen LogP contribution is 2.23. The minimum absolute atomic E-state index is 0.0426. The molecule has 0 saturated carbocycles. The number of nitrogens with one attached hydrogen (secondary N) is 1. The van der Waals surface area contributed by atoms with Crippen molar-refractivity contribution in [3.8, 4) is 0 Å². The molecule has 1 aliphatic heterocycles. The van der Waals surface area contributed by atoms with E-state index < -0.39 is 49.5 Å². The highest BCUT2D eigenvalue weighted by Gasteiger charge is 2.44. The molecule has 0 aromatic carbocycles. The highest BCUT2D eigenvalue weighted by atomic mass is 16.7. The molecule has 1 fully saturated rings. The molecule has 1 aliphatic rings. The first-order valence-corrected chi connectivity index (χ1v) is 27.4. The SMILES string of the molecule is CCCCCC/C=C\CCCCCCCC(=O)OCCCCC/C=C\C/C=C\CCCCCCCCCC(=O)NC(COC1OC(CO)C(O)C(O)C1O)C(O)/C=C/CCCCCCCCC. The maximum atomic E-state index is 13.0. The van der Waals surface area contributed by atoms with Crippen LogP contribution in [0, 0.1) is 0 Å². The molecule has 67 heavy (non-hydrogen) atoms. The first-order valence-electron chi connectivity index (χ1n) is 27.4. The Morgan fingerprint density at radius 3 is 1.54 bits per heavy atom. The normalized spacial score (nSPS) is 19.9. The third-order valence-corrected chi connectivity index (χ3v) is 12.7. The number of carbonyl (C=O) groups is 2. The lowest BCUT2D eigenvalue weighted by molar-refractivity contribution is -0.302. The van der Waals surface area contributed by atoms with Crippen molar-refractivity contribution in [2.45, 2.75) is 275 Å². The molecular weight excluding hydrogens is 847 g/mol. The minimum Gasteiger partial charge on any atom is -0.466 e. The second kappa shape index (κ2) is 46.0. The van der Waals surface area contributed by atoms with Gasteiger partial charge < -0.3 is 45.1 Å². The number of amides is 1. The predicted octanol–water partition coefficient (Wildman–Crippen LogP) is 11.7. The Hall–Kier alpha value is -2.38. The molecule has 11 heteroatoms. The van der Waals surface area contributed by atoms with Gasteiger partial charge in [0.1, 0.15) is 24.4 Å². The van der Waals surface area contributed by atoms with E-state index in [2.05, 4.69) is 55.6 Å². The number of hydrogen-bond donors (Lipinski definition) is 6. The predicted molar refractivity (Wildman–Crippen MR) is 274 cm³/mol. The van der Waals surface area contributed by atoms with Crippen molar-refractivity contribution < 1.29 is 49.3 Å². The van der Waals surface area contributed by atoms with Gasteiger partial charge in [-0.3, -0.25) is 9.59 Å². The lowest BCUT2D eigenvalue weighted by Gasteiger charge is -2.40. The quantitative estimate of drug-likeness (QED) is 0.0196. The second-order valence-corrected chi connectivity index (χ2v) is 18.9. The van der Waals surface area contributed by atoms with Gasteiger partial charge in [0.25, 0.3) is 0 Å². The molecule has 0 aromatic heterocycles. The van der Waals surface area contributed by atoms with Crippen LogP contribution in [0.15, 0.2) is 48.6 Å². The van der Waals surface area contributed by atoms with Crippen molar-refractivity contribution in [1.29, 1.82) is 0 Å². The molecule has 0 bridgehead atoms. The molecule has 1 amide bonds. The maximum absolute atomic E-state index is 13.0. The molecule has 0 aromatic rings. The van der Waals surface area contributed by atoms with Crippen LogP contribution in [-0.2, 0) is 23.8 Å². The lowest BCUT2D eigenvalue weighted by atomic mass is 9.99. The van der Waals surface area contributed by atoms with Crippen molar-refractivity contribution in [1.82, 2.24) is 5.32 Å². The fourth-order valence-electron chi connectivity index (χ4n) is 8.22. The zero-order valence-corrected chi connectivity index (χ0v) is 42.6. The van der Waals surface area contributed by atoms with Crippen molar-refractivity contribution in [3.05, 3.63) is 48.6 Å². The molecule has 11 nitrogen and oxygen atoms in total. The van der Waals surface area contributed by atoms with Crippen LogP contribution in [0.25, 0.3) is 0 Å². The van der Waals surface area contributed by atoms with E-state index in [0.717, 1.165) is 96.3 Å². The number of unbranched alkanes of at least 4 members (excludes halogenated alkanes) is 26. The zero-order chi connectivity index (χ0) is 48.8. The molecule has 7 unspecified atom stereocenters. The Labute approximate surface area is 408 Å². The van der Waals surface area contributed by atoms with Gasteiger partial charge in [0.05, 0.1) is 32.0 Å². The summed E-state index contributed by atoms with van der Waals surface area (Å²) in [7, 11) is 0. The topological polar surface area (TPSA) is 175 Å². The molecular formula is C56H101NO10. The Morgan fingerprint density at radius 1 is 0.552 bits per heavy atom. The van der Waals surface area contributed by atoms with Crippen molar-refractivity contribution in [3.63, 3.8) is 0 Å². The summed E-state index contributed by atoms with van der Waals surface area (Å²) in [4.78, 5) is 25.0. The van der Waals surface area contributed by atoms with E-state index in [9.17, 15) is 35.1 Å². The van der Waals surface area contributed by atoms with E-state index in [-0.39, 0.29) is 18.5 Å². The van der Waals surface area contributed by atoms with E-state index in [0.29, 0.717) is 19.4 Å². The van der Waals surface area contributed by atoms with Crippen LogP contribution in [-0.4, -0.2) is 100 Å². The first-order chi connectivity index (χ1) is 32.7. The summed E-state index contributed by atoms with van der Waals surface area (Å²) >= 11 is 0. The molecule has 0 radical (unpaired) electrons. The average Bonchev–Trinajstić information content (AvgIpc) is 3.32. The van der Waals surface area contributed by atoms with E-state index >= 15 is 0 Å². The van der Waals surface area contributed by atoms with Crippen molar-refractivity contribution in [2.24, 2.45) is 0 Å². The van der Waals surface area contributed by atoms with E-state index in [1.807, 2.05) is 6.08 Å². The Balaban J connectivity index is 2.11. The lowest BCUT2D eigenvalue weighted by Crippen LogP contribution is -2.60. The molecule has 1 saturated heterocycles. The van der Waals surface area contributed by atoms with Gasteiger partial charge in [-0.2, -0.15) is 0 Å². The Morgan fingerprint density at radius 2 is 1.00 bits per heavy atom. The van der Waals surface area contributed by atoms with Crippen molar-refractivity contribution in [2.75, 3.05) is 19.8 Å². The zero-order valence-electron chi connectivity index (χ0n) is 42.6. The van der Waals surface area contributed by atoms with Gasteiger partial charge >= 0.3 is 5.97 Å². The highest BCUT2D eigenvalue weighted by molar-refractivity contribution is 5.76. The number of aliphatic hydroxyl groups excluding tert-OH is 5. The molecule has 6 N–H and O–H groups in total. The minimum atomic E-state index is -1.58. The average molecular weight is 948 g/mol. The second-order valence-electron chi connectivity index (χ2n) is 18.9. The first kappa shape index (κ1) is 62.6. The molecule has 1 rings (SSSR count). The summed E-state index contributed by atoms with van der Waals surface area (Å²) in [5.41, 5.74) is 0. The number of rotatable bonds is 46. The third-order valence-electron chi connectivity index (χ3n) is 12.7. The van der Waals surface area contributed by atoms with Gasteiger partial charge in [0, 0.05) is 12.8 Å². The Kier molecular flexibility index (Phi) is 43.0. The largest absolute Gasteiger partial charge is 0.466 e. The number of esters is 1. The standard InChI is InChI=1S/C56H101NO10/c1-3-5-7-9-11-13-14-20-24-28-32-36-40-44-52(61)65-45-41-37-33-29-25-22-19-17-15-16-18-21-23-27-31-35-39-43-51(60)57-48(49(59)42-38-34-30-26-12-10-8-6-4-2)47-66-56-55(64)54(63)53(62)50(46-58)67-56/h13-15,17,22,25,38,42,48-50,53-56,58-59,62-64H,3-12,16,18-21,23-24,26-37,39-41,43-47H2,1-2H3,(H,57,60)/b14-13-,17-15-,25-22-,42-38+. The van der Waals surface area contributed by atoms with Crippen LogP contribution in [0.1, 0.15) is 232 Å². The van der Waals surface area contributed by atoms with Crippen LogP contribution in [0.4, 0.5) is 0 Å². The fourth-order valence-corrected chi connectivity index (χ4v) is 8.22. The summed E-state index contributed by atoms with van der Waals surface area (Å²) in [5.74, 6) is -0.244. The summed E-state index contributed by atoms with van der Waals surface area (Å²) < 4.78 is 16.6. The Bertz CT molecular complexity index is 1250. The molecule has 0 aliphatic carbocycles. The summed E-state index contributed by atoms with van der Waals surface area (Å²) in [5, 5.41) is 54.1. The van der Waals surface area contributed by atoms with E-state index in [1.54, 1.807) is 6.08 Å². The van der Waals surface area contributed by atoms with E-state index in [1.165, 1.54) is 109 Å². The van der Waals surface area contributed by atoms with Gasteiger partial charge in [-0.15, -0.1) is 0 Å².